The Morgan fingerprint density at radius 1 is 1.41 bits per heavy atom. The molecule has 5 heteroatoms. The van der Waals surface area contributed by atoms with Crippen molar-refractivity contribution in [2.75, 3.05) is 13.7 Å². The lowest BCUT2D eigenvalue weighted by atomic mass is 9.94. The molecule has 0 radical (unpaired) electrons. The zero-order valence-electron chi connectivity index (χ0n) is 9.37. The van der Waals surface area contributed by atoms with Crippen LogP contribution < -0.4 is 5.32 Å². The number of benzene rings is 1. The summed E-state index contributed by atoms with van der Waals surface area (Å²) >= 11 is 11.8. The van der Waals surface area contributed by atoms with Crippen molar-refractivity contribution in [3.8, 4) is 0 Å². The zero-order chi connectivity index (χ0) is 12.4. The van der Waals surface area contributed by atoms with Gasteiger partial charge in [-0.15, -0.1) is 0 Å². The number of rotatable bonds is 2. The van der Waals surface area contributed by atoms with E-state index < -0.39 is 0 Å². The lowest BCUT2D eigenvalue weighted by molar-refractivity contribution is -0.145. The maximum atomic E-state index is 11.6. The van der Waals surface area contributed by atoms with Crippen LogP contribution in [0.2, 0.25) is 10.0 Å². The molecule has 2 atom stereocenters. The van der Waals surface area contributed by atoms with Crippen LogP contribution in [-0.4, -0.2) is 19.6 Å². The van der Waals surface area contributed by atoms with E-state index in [-0.39, 0.29) is 17.9 Å². The van der Waals surface area contributed by atoms with Crippen LogP contribution in [0.25, 0.3) is 0 Å². The summed E-state index contributed by atoms with van der Waals surface area (Å²) in [6, 6.07) is 5.38. The van der Waals surface area contributed by atoms with E-state index in [0.29, 0.717) is 10.0 Å². The van der Waals surface area contributed by atoms with E-state index in [0.717, 1.165) is 18.5 Å². The van der Waals surface area contributed by atoms with Gasteiger partial charge >= 0.3 is 5.97 Å². The summed E-state index contributed by atoms with van der Waals surface area (Å²) in [7, 11) is 1.41. The Bertz CT molecular complexity index is 437. The predicted octanol–water partition coefficient (Wildman–Crippen LogP) is 2.82. The minimum Gasteiger partial charge on any atom is -0.469 e. The first-order valence-corrected chi connectivity index (χ1v) is 6.15. The van der Waals surface area contributed by atoms with Crippen LogP contribution in [0.5, 0.6) is 0 Å². The van der Waals surface area contributed by atoms with Gasteiger partial charge in [0, 0.05) is 6.04 Å². The van der Waals surface area contributed by atoms with Gasteiger partial charge < -0.3 is 10.1 Å². The Morgan fingerprint density at radius 2 is 2.18 bits per heavy atom. The van der Waals surface area contributed by atoms with Gasteiger partial charge in [0.1, 0.15) is 0 Å². The van der Waals surface area contributed by atoms with E-state index >= 15 is 0 Å². The van der Waals surface area contributed by atoms with Crippen molar-refractivity contribution in [2.24, 2.45) is 5.92 Å². The number of methoxy groups -OCH3 is 1. The van der Waals surface area contributed by atoms with Gasteiger partial charge in [-0.05, 0) is 30.7 Å². The number of carbonyl (C=O) groups excluding carboxylic acids is 1. The van der Waals surface area contributed by atoms with Crippen LogP contribution in [-0.2, 0) is 9.53 Å². The molecule has 1 aromatic rings. The summed E-state index contributed by atoms with van der Waals surface area (Å²) in [5, 5.41) is 4.30. The molecule has 2 rings (SSSR count). The summed E-state index contributed by atoms with van der Waals surface area (Å²) in [5.74, 6) is -0.344. The van der Waals surface area contributed by atoms with Gasteiger partial charge in [0.25, 0.3) is 0 Å². The fourth-order valence-corrected chi connectivity index (χ4v) is 2.47. The first-order valence-electron chi connectivity index (χ1n) is 5.39. The molecule has 1 saturated heterocycles. The molecule has 0 bridgehead atoms. The molecular formula is C12H13Cl2NO2. The van der Waals surface area contributed by atoms with Gasteiger partial charge in [-0.1, -0.05) is 29.3 Å². The Balaban J connectivity index is 2.26. The molecule has 1 N–H and O–H groups in total. The molecule has 92 valence electrons. The highest BCUT2D eigenvalue weighted by molar-refractivity contribution is 6.42. The Morgan fingerprint density at radius 3 is 2.82 bits per heavy atom. The summed E-state index contributed by atoms with van der Waals surface area (Å²) in [5.41, 5.74) is 0.965. The highest BCUT2D eigenvalue weighted by Gasteiger charge is 2.34. The standard InChI is InChI=1S/C12H13Cl2NO2/c1-17-12(16)8-4-5-15-11(8)7-2-3-9(13)10(14)6-7/h2-3,6,8,11,15H,4-5H2,1H3/t8-,11?/m0/s1. The van der Waals surface area contributed by atoms with E-state index in [4.69, 9.17) is 27.9 Å². The monoisotopic (exact) mass is 273 g/mol. The summed E-state index contributed by atoms with van der Waals surface area (Å²) in [4.78, 5) is 11.6. The fourth-order valence-electron chi connectivity index (χ4n) is 2.16. The van der Waals surface area contributed by atoms with E-state index in [1.165, 1.54) is 7.11 Å². The predicted molar refractivity (Wildman–Crippen MR) is 67.3 cm³/mol. The quantitative estimate of drug-likeness (QED) is 0.843. The minimum atomic E-state index is -0.189. The van der Waals surface area contributed by atoms with Crippen LogP contribution in [0.15, 0.2) is 18.2 Å². The molecule has 1 aliphatic rings. The lowest BCUT2D eigenvalue weighted by Crippen LogP contribution is -2.24. The van der Waals surface area contributed by atoms with Crippen molar-refractivity contribution in [3.63, 3.8) is 0 Å². The SMILES string of the molecule is COC(=O)[C@H]1CCNC1c1ccc(Cl)c(Cl)c1. The first kappa shape index (κ1) is 12.7. The normalized spacial score (nSPS) is 23.7. The van der Waals surface area contributed by atoms with Crippen molar-refractivity contribution in [1.29, 1.82) is 0 Å². The zero-order valence-corrected chi connectivity index (χ0v) is 10.9. The summed E-state index contributed by atoms with van der Waals surface area (Å²) < 4.78 is 4.80. The number of esters is 1. The van der Waals surface area contributed by atoms with Crippen molar-refractivity contribution in [3.05, 3.63) is 33.8 Å². The van der Waals surface area contributed by atoms with Gasteiger partial charge in [-0.25, -0.2) is 0 Å². The second kappa shape index (κ2) is 5.25. The van der Waals surface area contributed by atoms with Crippen LogP contribution >= 0.6 is 23.2 Å². The topological polar surface area (TPSA) is 38.3 Å². The number of halogens is 2. The van der Waals surface area contributed by atoms with Crippen molar-refractivity contribution in [1.82, 2.24) is 5.32 Å². The number of nitrogens with one attached hydrogen (secondary N) is 1. The van der Waals surface area contributed by atoms with E-state index in [1.54, 1.807) is 12.1 Å². The molecule has 0 saturated carbocycles. The van der Waals surface area contributed by atoms with Gasteiger partial charge in [0.2, 0.25) is 0 Å². The second-order valence-electron chi connectivity index (χ2n) is 4.02. The molecule has 0 aliphatic carbocycles. The number of hydrogen-bond acceptors (Lipinski definition) is 3. The average molecular weight is 274 g/mol. The molecule has 1 heterocycles. The van der Waals surface area contributed by atoms with Gasteiger partial charge in [0.05, 0.1) is 23.1 Å². The van der Waals surface area contributed by atoms with Gasteiger partial charge in [0.15, 0.2) is 0 Å². The second-order valence-corrected chi connectivity index (χ2v) is 4.84. The Labute approximate surface area is 110 Å². The highest BCUT2D eigenvalue weighted by atomic mass is 35.5. The number of carbonyl (C=O) groups is 1. The molecule has 0 aromatic heterocycles. The molecular weight excluding hydrogens is 261 g/mol. The van der Waals surface area contributed by atoms with Crippen LogP contribution in [0.3, 0.4) is 0 Å². The van der Waals surface area contributed by atoms with Crippen LogP contribution in [0.4, 0.5) is 0 Å². The van der Waals surface area contributed by atoms with Crippen molar-refractivity contribution >= 4 is 29.2 Å². The van der Waals surface area contributed by atoms with Gasteiger partial charge in [-0.2, -0.15) is 0 Å². The van der Waals surface area contributed by atoms with Crippen molar-refractivity contribution < 1.29 is 9.53 Å². The molecule has 1 aliphatic heterocycles. The third-order valence-electron chi connectivity index (χ3n) is 3.03. The molecule has 1 aromatic carbocycles. The lowest BCUT2D eigenvalue weighted by Gasteiger charge is -2.18. The third-order valence-corrected chi connectivity index (χ3v) is 3.77. The fraction of sp³-hybridized carbons (Fsp3) is 0.417. The maximum Gasteiger partial charge on any atom is 0.310 e. The molecule has 0 spiro atoms. The van der Waals surface area contributed by atoms with E-state index in [2.05, 4.69) is 5.32 Å². The molecule has 3 nitrogen and oxygen atoms in total. The Hall–Kier alpha value is -0.770. The maximum absolute atomic E-state index is 11.6. The summed E-state index contributed by atoms with van der Waals surface area (Å²) in [6.07, 6.45) is 0.775. The summed E-state index contributed by atoms with van der Waals surface area (Å²) in [6.45, 7) is 0.796. The molecule has 1 unspecified atom stereocenters. The number of hydrogen-bond donors (Lipinski definition) is 1. The molecule has 0 amide bonds. The molecule has 1 fully saturated rings. The largest absolute Gasteiger partial charge is 0.469 e. The highest BCUT2D eigenvalue weighted by Crippen LogP contribution is 2.33. The average Bonchev–Trinajstić information content (AvgIpc) is 2.80. The van der Waals surface area contributed by atoms with Gasteiger partial charge in [-0.3, -0.25) is 4.79 Å². The smallest absolute Gasteiger partial charge is 0.310 e. The number of ether oxygens (including phenoxy) is 1. The molecule has 17 heavy (non-hydrogen) atoms. The minimum absolute atomic E-state index is 0.0442. The van der Waals surface area contributed by atoms with Crippen LogP contribution in [0, 0.1) is 5.92 Å². The van der Waals surface area contributed by atoms with Crippen LogP contribution in [0.1, 0.15) is 18.0 Å². The Kier molecular flexibility index (Phi) is 3.92. The van der Waals surface area contributed by atoms with E-state index in [9.17, 15) is 4.79 Å². The van der Waals surface area contributed by atoms with Crippen molar-refractivity contribution in [2.45, 2.75) is 12.5 Å². The third kappa shape index (κ3) is 2.57. The van der Waals surface area contributed by atoms with E-state index in [1.807, 2.05) is 6.07 Å². The first-order chi connectivity index (χ1) is 8.13.